The van der Waals surface area contributed by atoms with Gasteiger partial charge in [-0.3, -0.25) is 9.10 Å². The molecular formula is C19H21NO7S. The lowest BCUT2D eigenvalue weighted by atomic mass is 10.3. The molecule has 9 heteroatoms. The van der Waals surface area contributed by atoms with Gasteiger partial charge in [-0.2, -0.15) is 0 Å². The molecule has 0 aromatic heterocycles. The Morgan fingerprint density at radius 3 is 2.57 bits per heavy atom. The predicted molar refractivity (Wildman–Crippen MR) is 102 cm³/mol. The molecule has 0 amide bonds. The molecule has 0 bridgehead atoms. The smallest absolute Gasteiger partial charge is 0.326 e. The van der Waals surface area contributed by atoms with Gasteiger partial charge in [0.25, 0.3) is 10.0 Å². The Morgan fingerprint density at radius 2 is 1.86 bits per heavy atom. The van der Waals surface area contributed by atoms with Gasteiger partial charge in [0.05, 0.1) is 24.3 Å². The summed E-state index contributed by atoms with van der Waals surface area (Å²) in [6, 6.07) is 10.8. The van der Waals surface area contributed by atoms with Gasteiger partial charge < -0.3 is 18.9 Å². The number of esters is 1. The van der Waals surface area contributed by atoms with Gasteiger partial charge in [-0.15, -0.1) is 0 Å². The number of rotatable bonds is 7. The standard InChI is InChI=1S/C19H21NO7S/c1-3-25-15-6-4-5-14(11-15)20(13-19(21)24-2)28(22,23)16-7-8-17-18(12-16)27-10-9-26-17/h4-8,11-12H,3,9-10,13H2,1-2H3. The summed E-state index contributed by atoms with van der Waals surface area (Å²) in [7, 11) is -2.88. The number of methoxy groups -OCH3 is 1. The minimum atomic E-state index is -4.08. The first kappa shape index (κ1) is 19.8. The summed E-state index contributed by atoms with van der Waals surface area (Å²) in [5.41, 5.74) is 0.284. The van der Waals surface area contributed by atoms with Crippen molar-refractivity contribution in [3.63, 3.8) is 0 Å². The molecule has 0 unspecified atom stereocenters. The van der Waals surface area contributed by atoms with E-state index < -0.39 is 22.5 Å². The zero-order valence-corrected chi connectivity index (χ0v) is 16.4. The van der Waals surface area contributed by atoms with E-state index in [2.05, 4.69) is 4.74 Å². The fourth-order valence-electron chi connectivity index (χ4n) is 2.70. The second-order valence-electron chi connectivity index (χ2n) is 5.82. The summed E-state index contributed by atoms with van der Waals surface area (Å²) in [5.74, 6) is 0.617. The van der Waals surface area contributed by atoms with E-state index in [0.717, 1.165) is 4.31 Å². The van der Waals surface area contributed by atoms with Crippen molar-refractivity contribution in [2.24, 2.45) is 0 Å². The predicted octanol–water partition coefficient (Wildman–Crippen LogP) is 2.22. The topological polar surface area (TPSA) is 91.4 Å². The van der Waals surface area contributed by atoms with Crippen molar-refractivity contribution in [2.45, 2.75) is 11.8 Å². The van der Waals surface area contributed by atoms with Gasteiger partial charge in [0.2, 0.25) is 0 Å². The van der Waals surface area contributed by atoms with Crippen molar-refractivity contribution in [3.05, 3.63) is 42.5 Å². The van der Waals surface area contributed by atoms with Crippen LogP contribution in [0.15, 0.2) is 47.4 Å². The van der Waals surface area contributed by atoms with Crippen LogP contribution in [0.3, 0.4) is 0 Å². The molecular weight excluding hydrogens is 386 g/mol. The molecule has 0 fully saturated rings. The van der Waals surface area contributed by atoms with Crippen molar-refractivity contribution in [1.29, 1.82) is 0 Å². The highest BCUT2D eigenvalue weighted by Crippen LogP contribution is 2.34. The van der Waals surface area contributed by atoms with Gasteiger partial charge in [-0.05, 0) is 31.2 Å². The summed E-state index contributed by atoms with van der Waals surface area (Å²) >= 11 is 0. The third kappa shape index (κ3) is 4.14. The maximum atomic E-state index is 13.3. The highest BCUT2D eigenvalue weighted by Gasteiger charge is 2.29. The molecule has 1 heterocycles. The Kier molecular flexibility index (Phi) is 5.93. The van der Waals surface area contributed by atoms with E-state index in [4.69, 9.17) is 14.2 Å². The van der Waals surface area contributed by atoms with Crippen molar-refractivity contribution < 1.29 is 32.2 Å². The van der Waals surface area contributed by atoms with Crippen molar-refractivity contribution in [1.82, 2.24) is 0 Å². The Bertz CT molecular complexity index is 959. The summed E-state index contributed by atoms with van der Waals surface area (Å²) in [5, 5.41) is 0. The molecule has 1 aliphatic heterocycles. The van der Waals surface area contributed by atoms with Crippen molar-refractivity contribution >= 4 is 21.7 Å². The van der Waals surface area contributed by atoms with Gasteiger partial charge in [0.1, 0.15) is 25.5 Å². The van der Waals surface area contributed by atoms with E-state index in [1.54, 1.807) is 24.3 Å². The summed E-state index contributed by atoms with van der Waals surface area (Å²) in [6.07, 6.45) is 0. The van der Waals surface area contributed by atoms with Crippen LogP contribution in [0.25, 0.3) is 0 Å². The van der Waals surface area contributed by atoms with Crippen LogP contribution in [0.2, 0.25) is 0 Å². The van der Waals surface area contributed by atoms with Gasteiger partial charge in [0, 0.05) is 12.1 Å². The second kappa shape index (κ2) is 8.39. The molecule has 150 valence electrons. The van der Waals surface area contributed by atoms with Crippen LogP contribution in [0.4, 0.5) is 5.69 Å². The van der Waals surface area contributed by atoms with Crippen LogP contribution in [-0.2, 0) is 19.6 Å². The van der Waals surface area contributed by atoms with Gasteiger partial charge >= 0.3 is 5.97 Å². The van der Waals surface area contributed by atoms with Crippen LogP contribution >= 0.6 is 0 Å². The molecule has 0 spiro atoms. The highest BCUT2D eigenvalue weighted by atomic mass is 32.2. The number of sulfonamides is 1. The molecule has 0 saturated heterocycles. The molecule has 0 radical (unpaired) electrons. The molecule has 8 nitrogen and oxygen atoms in total. The maximum absolute atomic E-state index is 13.3. The monoisotopic (exact) mass is 407 g/mol. The molecule has 0 saturated carbocycles. The van der Waals surface area contributed by atoms with Crippen LogP contribution in [-0.4, -0.2) is 47.9 Å². The van der Waals surface area contributed by atoms with E-state index in [0.29, 0.717) is 37.1 Å². The first-order valence-corrected chi connectivity index (χ1v) is 10.1. The van der Waals surface area contributed by atoms with Crippen LogP contribution in [0.1, 0.15) is 6.92 Å². The third-order valence-corrected chi connectivity index (χ3v) is 5.79. The zero-order valence-electron chi connectivity index (χ0n) is 15.6. The highest BCUT2D eigenvalue weighted by molar-refractivity contribution is 7.92. The van der Waals surface area contributed by atoms with Gasteiger partial charge in [0.15, 0.2) is 11.5 Å². The molecule has 3 rings (SSSR count). The van der Waals surface area contributed by atoms with Crippen LogP contribution < -0.4 is 18.5 Å². The Balaban J connectivity index is 2.03. The van der Waals surface area contributed by atoms with Crippen LogP contribution in [0, 0.1) is 0 Å². The minimum absolute atomic E-state index is 0.0255. The number of nitrogens with zero attached hydrogens (tertiary/aromatic N) is 1. The molecule has 0 aliphatic carbocycles. The summed E-state index contributed by atoms with van der Waals surface area (Å²) in [4.78, 5) is 11.9. The molecule has 1 aliphatic rings. The van der Waals surface area contributed by atoms with Crippen molar-refractivity contribution in [3.8, 4) is 17.2 Å². The lowest BCUT2D eigenvalue weighted by Crippen LogP contribution is -2.36. The molecule has 0 atom stereocenters. The number of hydrogen-bond acceptors (Lipinski definition) is 7. The number of fused-ring (bicyclic) bond motifs is 1. The van der Waals surface area contributed by atoms with E-state index in [1.807, 2.05) is 6.92 Å². The Morgan fingerprint density at radius 1 is 1.11 bits per heavy atom. The van der Waals surface area contributed by atoms with E-state index in [-0.39, 0.29) is 10.6 Å². The first-order valence-electron chi connectivity index (χ1n) is 8.67. The fraction of sp³-hybridized carbons (Fsp3) is 0.316. The molecule has 0 N–H and O–H groups in total. The number of hydrogen-bond donors (Lipinski definition) is 0. The number of carbonyl (C=O) groups is 1. The van der Waals surface area contributed by atoms with Crippen molar-refractivity contribution in [2.75, 3.05) is 37.8 Å². The third-order valence-electron chi connectivity index (χ3n) is 4.02. The average Bonchev–Trinajstić information content (AvgIpc) is 2.71. The number of carbonyl (C=O) groups excluding carboxylic acids is 1. The lowest BCUT2D eigenvalue weighted by molar-refractivity contribution is -0.138. The molecule has 2 aromatic rings. The number of ether oxygens (including phenoxy) is 4. The quantitative estimate of drug-likeness (QED) is 0.650. The maximum Gasteiger partial charge on any atom is 0.326 e. The second-order valence-corrected chi connectivity index (χ2v) is 7.69. The van der Waals surface area contributed by atoms with Gasteiger partial charge in [-0.25, -0.2) is 8.42 Å². The zero-order chi connectivity index (χ0) is 20.1. The Hall–Kier alpha value is -2.94. The molecule has 2 aromatic carbocycles. The normalized spacial score (nSPS) is 12.9. The number of benzene rings is 2. The SMILES string of the molecule is CCOc1cccc(N(CC(=O)OC)S(=O)(=O)c2ccc3c(c2)OCCO3)c1. The minimum Gasteiger partial charge on any atom is -0.494 e. The van der Waals surface area contributed by atoms with Gasteiger partial charge in [-0.1, -0.05) is 6.07 Å². The van der Waals surface area contributed by atoms with Crippen LogP contribution in [0.5, 0.6) is 17.2 Å². The lowest BCUT2D eigenvalue weighted by Gasteiger charge is -2.25. The van der Waals surface area contributed by atoms with E-state index in [1.165, 1.54) is 25.3 Å². The Labute approximate surface area is 163 Å². The summed E-state index contributed by atoms with van der Waals surface area (Å²) < 4.78 is 48.7. The molecule has 28 heavy (non-hydrogen) atoms. The fourth-order valence-corrected chi connectivity index (χ4v) is 4.12. The average molecular weight is 407 g/mol. The first-order chi connectivity index (χ1) is 13.5. The number of anilines is 1. The summed E-state index contributed by atoms with van der Waals surface area (Å²) in [6.45, 7) is 2.50. The van der Waals surface area contributed by atoms with E-state index in [9.17, 15) is 13.2 Å². The van der Waals surface area contributed by atoms with E-state index >= 15 is 0 Å². The largest absolute Gasteiger partial charge is 0.494 e.